The molecule has 1 aliphatic heterocycles. The highest BCUT2D eigenvalue weighted by atomic mass is 16.5. The van der Waals surface area contributed by atoms with Gasteiger partial charge in [-0.2, -0.15) is 5.10 Å². The van der Waals surface area contributed by atoms with E-state index >= 15 is 0 Å². The second-order valence-electron chi connectivity index (χ2n) is 7.48. The third-order valence-electron chi connectivity index (χ3n) is 5.96. The Morgan fingerprint density at radius 3 is 2.87 bits per heavy atom. The van der Waals surface area contributed by atoms with E-state index < -0.39 is 0 Å². The van der Waals surface area contributed by atoms with E-state index in [0.29, 0.717) is 12.0 Å². The van der Waals surface area contributed by atoms with Gasteiger partial charge < -0.3 is 10.1 Å². The Kier molecular flexibility index (Phi) is 5.22. The Morgan fingerprint density at radius 2 is 2.17 bits per heavy atom. The van der Waals surface area contributed by atoms with Crippen LogP contribution in [0, 0.1) is 11.8 Å². The zero-order valence-corrected chi connectivity index (χ0v) is 15.0. The van der Waals surface area contributed by atoms with Crippen molar-refractivity contribution >= 4 is 0 Å². The van der Waals surface area contributed by atoms with Crippen molar-refractivity contribution in [3.63, 3.8) is 0 Å². The molecule has 3 rings (SSSR count). The van der Waals surface area contributed by atoms with Gasteiger partial charge in [0, 0.05) is 38.4 Å². The number of nitrogens with zero attached hydrogens (tertiary/aromatic N) is 2. The monoisotopic (exact) mass is 317 g/mol. The minimum Gasteiger partial charge on any atom is -0.372 e. The average Bonchev–Trinajstić information content (AvgIpc) is 3.15. The van der Waals surface area contributed by atoms with E-state index in [4.69, 9.17) is 4.74 Å². The molecule has 1 fully saturated rings. The molecule has 2 heterocycles. The van der Waals surface area contributed by atoms with E-state index in [1.54, 1.807) is 11.1 Å². The SMILES string of the molecule is CC1=C(C)CC(C(C)NC[C@@H]2CCO[C@H]2c2ccnn2C)CC1. The largest absolute Gasteiger partial charge is 0.372 e. The molecule has 23 heavy (non-hydrogen) atoms. The number of hydrogen-bond acceptors (Lipinski definition) is 3. The fourth-order valence-corrected chi connectivity index (χ4v) is 4.05. The highest BCUT2D eigenvalue weighted by molar-refractivity contribution is 5.14. The maximum Gasteiger partial charge on any atom is 0.103 e. The van der Waals surface area contributed by atoms with Crippen LogP contribution in [0.15, 0.2) is 23.4 Å². The highest BCUT2D eigenvalue weighted by Crippen LogP contribution is 2.35. The minimum atomic E-state index is 0.192. The lowest BCUT2D eigenvalue weighted by molar-refractivity contribution is 0.0826. The summed E-state index contributed by atoms with van der Waals surface area (Å²) in [6.45, 7) is 8.85. The minimum absolute atomic E-state index is 0.192. The third-order valence-corrected chi connectivity index (χ3v) is 5.96. The molecule has 1 N–H and O–H groups in total. The summed E-state index contributed by atoms with van der Waals surface area (Å²) in [7, 11) is 2.00. The number of aromatic nitrogens is 2. The van der Waals surface area contributed by atoms with Gasteiger partial charge in [0.25, 0.3) is 0 Å². The third kappa shape index (κ3) is 3.69. The molecule has 0 spiro atoms. The summed E-state index contributed by atoms with van der Waals surface area (Å²) in [5.41, 5.74) is 4.41. The van der Waals surface area contributed by atoms with Crippen LogP contribution in [-0.2, 0) is 11.8 Å². The Hall–Kier alpha value is -1.13. The van der Waals surface area contributed by atoms with E-state index in [2.05, 4.69) is 37.3 Å². The summed E-state index contributed by atoms with van der Waals surface area (Å²) in [6, 6.07) is 2.66. The molecule has 128 valence electrons. The molecular formula is C19H31N3O. The quantitative estimate of drug-likeness (QED) is 0.843. The molecule has 0 amide bonds. The molecule has 0 bridgehead atoms. The molecule has 1 saturated heterocycles. The van der Waals surface area contributed by atoms with Gasteiger partial charge in [-0.25, -0.2) is 0 Å². The second-order valence-corrected chi connectivity index (χ2v) is 7.48. The second kappa shape index (κ2) is 7.18. The van der Waals surface area contributed by atoms with Gasteiger partial charge >= 0.3 is 0 Å². The van der Waals surface area contributed by atoms with Crippen LogP contribution in [0.2, 0.25) is 0 Å². The normalized spacial score (nSPS) is 30.0. The van der Waals surface area contributed by atoms with Crippen LogP contribution >= 0.6 is 0 Å². The first-order valence-corrected chi connectivity index (χ1v) is 9.04. The molecular weight excluding hydrogens is 286 g/mol. The molecule has 0 radical (unpaired) electrons. The predicted molar refractivity (Wildman–Crippen MR) is 93.2 cm³/mol. The summed E-state index contributed by atoms with van der Waals surface area (Å²) >= 11 is 0. The molecule has 1 aromatic heterocycles. The van der Waals surface area contributed by atoms with Gasteiger partial charge in [-0.1, -0.05) is 11.1 Å². The van der Waals surface area contributed by atoms with Crippen LogP contribution in [0.5, 0.6) is 0 Å². The Bertz CT molecular complexity index is 563. The van der Waals surface area contributed by atoms with Crippen LogP contribution in [-0.4, -0.2) is 29.0 Å². The zero-order chi connectivity index (χ0) is 16.4. The van der Waals surface area contributed by atoms with Crippen LogP contribution < -0.4 is 5.32 Å². The average molecular weight is 317 g/mol. The fraction of sp³-hybridized carbons (Fsp3) is 0.737. The van der Waals surface area contributed by atoms with E-state index in [9.17, 15) is 0 Å². The molecule has 2 aliphatic rings. The first-order chi connectivity index (χ1) is 11.1. The summed E-state index contributed by atoms with van der Waals surface area (Å²) in [4.78, 5) is 0. The van der Waals surface area contributed by atoms with Crippen molar-refractivity contribution < 1.29 is 4.74 Å². The number of nitrogens with one attached hydrogen (secondary N) is 1. The molecule has 4 heteroatoms. The number of allylic oxidation sites excluding steroid dienone is 2. The Balaban J connectivity index is 1.54. The lowest BCUT2D eigenvalue weighted by Gasteiger charge is -2.31. The van der Waals surface area contributed by atoms with Crippen molar-refractivity contribution in [1.82, 2.24) is 15.1 Å². The Labute approximate surface area is 140 Å². The summed E-state index contributed by atoms with van der Waals surface area (Å²) in [5, 5.41) is 8.10. The summed E-state index contributed by atoms with van der Waals surface area (Å²) in [6.07, 6.45) is 7.04. The van der Waals surface area contributed by atoms with Crippen molar-refractivity contribution in [3.8, 4) is 0 Å². The van der Waals surface area contributed by atoms with E-state index in [-0.39, 0.29) is 6.10 Å². The van der Waals surface area contributed by atoms with Gasteiger partial charge in [0.15, 0.2) is 0 Å². The van der Waals surface area contributed by atoms with Crippen LogP contribution in [0.4, 0.5) is 0 Å². The zero-order valence-electron chi connectivity index (χ0n) is 15.0. The molecule has 4 nitrogen and oxygen atoms in total. The van der Waals surface area contributed by atoms with Gasteiger partial charge in [-0.05, 0) is 58.4 Å². The van der Waals surface area contributed by atoms with Crippen molar-refractivity contribution in [2.75, 3.05) is 13.2 Å². The summed E-state index contributed by atoms with van der Waals surface area (Å²) in [5.74, 6) is 1.32. The fourth-order valence-electron chi connectivity index (χ4n) is 4.05. The predicted octanol–water partition coefficient (Wildman–Crippen LogP) is 3.61. The van der Waals surface area contributed by atoms with E-state index in [1.807, 2.05) is 17.9 Å². The molecule has 1 aliphatic carbocycles. The summed E-state index contributed by atoms with van der Waals surface area (Å²) < 4.78 is 7.94. The van der Waals surface area contributed by atoms with Crippen molar-refractivity contribution in [1.29, 1.82) is 0 Å². The van der Waals surface area contributed by atoms with Crippen molar-refractivity contribution in [2.24, 2.45) is 18.9 Å². The van der Waals surface area contributed by atoms with Crippen LogP contribution in [0.25, 0.3) is 0 Å². The van der Waals surface area contributed by atoms with Gasteiger partial charge in [-0.3, -0.25) is 4.68 Å². The number of ether oxygens (including phenoxy) is 1. The van der Waals surface area contributed by atoms with E-state index in [0.717, 1.165) is 25.5 Å². The van der Waals surface area contributed by atoms with Crippen LogP contribution in [0.3, 0.4) is 0 Å². The standard InChI is InChI=1S/C19H31N3O/c1-13-5-6-16(11-14(13)2)15(3)20-12-17-8-10-23-19(17)18-7-9-21-22(18)4/h7,9,15-17,19-20H,5-6,8,10-12H2,1-4H3/t15?,16?,17-,19+/m0/s1. The maximum absolute atomic E-state index is 5.99. The first kappa shape index (κ1) is 16.7. The van der Waals surface area contributed by atoms with Crippen LogP contribution in [0.1, 0.15) is 58.3 Å². The molecule has 2 unspecified atom stereocenters. The number of rotatable bonds is 5. The molecule has 0 aromatic carbocycles. The topological polar surface area (TPSA) is 39.1 Å². The number of aryl methyl sites for hydroxylation is 1. The molecule has 0 saturated carbocycles. The lowest BCUT2D eigenvalue weighted by atomic mass is 9.81. The van der Waals surface area contributed by atoms with Gasteiger partial charge in [-0.15, -0.1) is 0 Å². The number of hydrogen-bond donors (Lipinski definition) is 1. The van der Waals surface area contributed by atoms with Gasteiger partial charge in [0.1, 0.15) is 6.10 Å². The van der Waals surface area contributed by atoms with E-state index in [1.165, 1.54) is 25.0 Å². The maximum atomic E-state index is 5.99. The van der Waals surface area contributed by atoms with Gasteiger partial charge in [0.05, 0.1) is 5.69 Å². The highest BCUT2D eigenvalue weighted by Gasteiger charge is 2.32. The Morgan fingerprint density at radius 1 is 1.35 bits per heavy atom. The lowest BCUT2D eigenvalue weighted by Crippen LogP contribution is -2.38. The van der Waals surface area contributed by atoms with Gasteiger partial charge in [0.2, 0.25) is 0 Å². The van der Waals surface area contributed by atoms with Crippen molar-refractivity contribution in [2.45, 2.75) is 58.6 Å². The molecule has 1 aromatic rings. The smallest absolute Gasteiger partial charge is 0.103 e. The first-order valence-electron chi connectivity index (χ1n) is 9.04. The van der Waals surface area contributed by atoms with Crippen molar-refractivity contribution in [3.05, 3.63) is 29.1 Å². The molecule has 4 atom stereocenters.